The van der Waals surface area contributed by atoms with E-state index in [0.29, 0.717) is 42.5 Å². The number of benzene rings is 2. The van der Waals surface area contributed by atoms with Gasteiger partial charge in [-0.3, -0.25) is 19.2 Å². The standard InChI is InChI=1S/C56H84N4O6/c1-7-8-18-49(53(64)58-43-22-19-41(37-61)20-23-43)60-54(65)50(35-40-16-10-9-11-17-40)59-52(63)28-27-51(62)57-33-13-34-66-44-29-31-55(5)42(36-44)21-24-45-47-26-25-46(39(4)15-12-14-38(2)3)56(47,6)32-30-48(45)55/h9-11,16-17,19-23,38-39,44-50,61H,7-8,12-15,18,24-37H2,1-6H3,(H,57,62)(H,58,64)(H,59,63)(H,60,65)/t39-,44+,45+,46-,47?,48?,49+,50?,55+,56-/m1/s1. The van der Waals surface area contributed by atoms with Crippen molar-refractivity contribution in [1.82, 2.24) is 16.0 Å². The molecule has 2 aromatic carbocycles. The first-order chi connectivity index (χ1) is 31.7. The molecule has 0 bridgehead atoms. The second-order valence-electron chi connectivity index (χ2n) is 21.6. The van der Waals surface area contributed by atoms with Crippen LogP contribution in [0.15, 0.2) is 66.2 Å². The lowest BCUT2D eigenvalue weighted by molar-refractivity contribution is -0.131. The third-order valence-electron chi connectivity index (χ3n) is 16.7. The van der Waals surface area contributed by atoms with Crippen LogP contribution < -0.4 is 21.3 Å². The van der Waals surface area contributed by atoms with Gasteiger partial charge >= 0.3 is 0 Å². The van der Waals surface area contributed by atoms with E-state index in [-0.39, 0.29) is 43.8 Å². The largest absolute Gasteiger partial charge is 0.392 e. The molecule has 3 saturated carbocycles. The average molecular weight is 909 g/mol. The van der Waals surface area contributed by atoms with Gasteiger partial charge in [-0.15, -0.1) is 0 Å². The Morgan fingerprint density at radius 3 is 2.26 bits per heavy atom. The van der Waals surface area contributed by atoms with Crippen LogP contribution in [0, 0.1) is 46.3 Å². The molecule has 0 aliphatic heterocycles. The SMILES string of the molecule is CCCC[C@H](NC(=O)C(Cc1ccccc1)NC(=O)CCC(=O)NCCCO[C@H]1CC[C@@]2(C)C(=CC[C@@H]3C2CC[C@@]2(C)C3CC[C@@H]2[C@H](C)CCCC(C)C)C1)C(=O)Nc1ccc(CO)cc1. The third kappa shape index (κ3) is 13.4. The summed E-state index contributed by atoms with van der Waals surface area (Å²) in [6.07, 6.45) is 20.0. The zero-order valence-electron chi connectivity index (χ0n) is 41.3. The van der Waals surface area contributed by atoms with Gasteiger partial charge in [0, 0.05) is 38.1 Å². The van der Waals surface area contributed by atoms with E-state index in [1.54, 1.807) is 29.8 Å². The number of carbonyl (C=O) groups is 4. The van der Waals surface area contributed by atoms with Crippen LogP contribution in [0.4, 0.5) is 5.69 Å². The van der Waals surface area contributed by atoms with Gasteiger partial charge in [-0.1, -0.05) is 128 Å². The second-order valence-corrected chi connectivity index (χ2v) is 21.6. The number of nitrogens with one attached hydrogen (secondary N) is 4. The van der Waals surface area contributed by atoms with E-state index < -0.39 is 23.9 Å². The molecule has 0 radical (unpaired) electrons. The van der Waals surface area contributed by atoms with Gasteiger partial charge in [0.15, 0.2) is 0 Å². The second kappa shape index (κ2) is 24.3. The summed E-state index contributed by atoms with van der Waals surface area (Å²) in [5.74, 6) is 3.55. The van der Waals surface area contributed by atoms with Crippen LogP contribution >= 0.6 is 0 Å². The van der Waals surface area contributed by atoms with Crippen LogP contribution in [-0.4, -0.2) is 60.1 Å². The Hall–Kier alpha value is -4.02. The summed E-state index contributed by atoms with van der Waals surface area (Å²) in [4.78, 5) is 53.3. The Kier molecular flexibility index (Phi) is 18.9. The third-order valence-corrected chi connectivity index (χ3v) is 16.7. The predicted octanol–water partition coefficient (Wildman–Crippen LogP) is 10.2. The summed E-state index contributed by atoms with van der Waals surface area (Å²) in [5.41, 5.74) is 4.57. The lowest BCUT2D eigenvalue weighted by Crippen LogP contribution is -2.53. The molecule has 364 valence electrons. The van der Waals surface area contributed by atoms with Gasteiger partial charge in [-0.2, -0.15) is 0 Å². The lowest BCUT2D eigenvalue weighted by atomic mass is 9.47. The van der Waals surface area contributed by atoms with Gasteiger partial charge in [0.25, 0.3) is 0 Å². The minimum absolute atomic E-state index is 0.00151. The number of amides is 4. The van der Waals surface area contributed by atoms with Crippen molar-refractivity contribution in [2.24, 2.45) is 46.3 Å². The number of anilines is 1. The van der Waals surface area contributed by atoms with E-state index in [9.17, 15) is 24.3 Å². The molecule has 0 spiro atoms. The zero-order valence-corrected chi connectivity index (χ0v) is 41.3. The lowest BCUT2D eigenvalue weighted by Gasteiger charge is -2.58. The van der Waals surface area contributed by atoms with Crippen LogP contribution in [0.25, 0.3) is 0 Å². The van der Waals surface area contributed by atoms with E-state index in [2.05, 4.69) is 62.0 Å². The molecule has 4 aliphatic carbocycles. The fourth-order valence-electron chi connectivity index (χ4n) is 12.9. The summed E-state index contributed by atoms with van der Waals surface area (Å²) in [6.45, 7) is 15.5. The number of unbranched alkanes of at least 4 members (excludes halogenated alkanes) is 1. The quantitative estimate of drug-likeness (QED) is 0.0524. The smallest absolute Gasteiger partial charge is 0.246 e. The molecule has 10 nitrogen and oxygen atoms in total. The predicted molar refractivity (Wildman–Crippen MR) is 264 cm³/mol. The number of aliphatic hydroxyl groups is 1. The zero-order chi connectivity index (χ0) is 47.3. The van der Waals surface area contributed by atoms with Crippen LogP contribution in [0.1, 0.15) is 162 Å². The van der Waals surface area contributed by atoms with Crippen molar-refractivity contribution in [3.8, 4) is 0 Å². The molecule has 2 aromatic rings. The maximum atomic E-state index is 13.8. The molecule has 10 heteroatoms. The molecule has 6 rings (SSSR count). The Morgan fingerprint density at radius 1 is 0.773 bits per heavy atom. The van der Waals surface area contributed by atoms with Crippen LogP contribution in [0.5, 0.6) is 0 Å². The highest BCUT2D eigenvalue weighted by molar-refractivity contribution is 5.98. The van der Waals surface area contributed by atoms with Crippen molar-refractivity contribution >= 4 is 29.3 Å². The highest BCUT2D eigenvalue weighted by Gasteiger charge is 2.59. The molecule has 66 heavy (non-hydrogen) atoms. The fraction of sp³-hybridized carbons (Fsp3) is 0.679. The molecule has 0 aromatic heterocycles. The first-order valence-electron chi connectivity index (χ1n) is 26.0. The normalized spacial score (nSPS) is 27.0. The number of allylic oxidation sites excluding steroid dienone is 1. The number of hydrogen-bond acceptors (Lipinski definition) is 6. The van der Waals surface area contributed by atoms with Crippen molar-refractivity contribution < 1.29 is 29.0 Å². The number of rotatable bonds is 24. The molecule has 3 unspecified atom stereocenters. The highest BCUT2D eigenvalue weighted by Crippen LogP contribution is 2.67. The van der Waals surface area contributed by atoms with Crippen LogP contribution in [0.3, 0.4) is 0 Å². The molecule has 0 saturated heterocycles. The molecule has 5 N–H and O–H groups in total. The van der Waals surface area contributed by atoms with E-state index in [4.69, 9.17) is 4.74 Å². The number of aliphatic hydroxyl groups excluding tert-OH is 1. The van der Waals surface area contributed by atoms with Gasteiger partial charge in [0.1, 0.15) is 12.1 Å². The minimum Gasteiger partial charge on any atom is -0.392 e. The fourth-order valence-corrected chi connectivity index (χ4v) is 12.9. The summed E-state index contributed by atoms with van der Waals surface area (Å²) in [7, 11) is 0. The number of fused-ring (bicyclic) bond motifs is 5. The number of ether oxygens (including phenoxy) is 1. The first kappa shape index (κ1) is 51.4. The average Bonchev–Trinajstić information content (AvgIpc) is 3.67. The molecular formula is C56H84N4O6. The molecule has 0 heterocycles. The maximum absolute atomic E-state index is 13.8. The molecule has 10 atom stereocenters. The van der Waals surface area contributed by atoms with Crippen LogP contribution in [-0.2, 0) is 36.9 Å². The van der Waals surface area contributed by atoms with Gasteiger partial charge in [-0.25, -0.2) is 0 Å². The van der Waals surface area contributed by atoms with Gasteiger partial charge in [0.05, 0.1) is 12.7 Å². The molecule has 4 aliphatic rings. The Labute approximate surface area is 397 Å². The van der Waals surface area contributed by atoms with Gasteiger partial charge in [-0.05, 0) is 134 Å². The molecule has 4 amide bonds. The van der Waals surface area contributed by atoms with E-state index in [0.717, 1.165) is 72.3 Å². The van der Waals surface area contributed by atoms with E-state index in [1.807, 2.05) is 37.3 Å². The highest BCUT2D eigenvalue weighted by atomic mass is 16.5. The Bertz CT molecular complexity index is 1920. The monoisotopic (exact) mass is 909 g/mol. The topological polar surface area (TPSA) is 146 Å². The van der Waals surface area contributed by atoms with Gasteiger partial charge in [0.2, 0.25) is 23.6 Å². The Balaban J connectivity index is 0.921. The maximum Gasteiger partial charge on any atom is 0.246 e. The van der Waals surface area contributed by atoms with Crippen molar-refractivity contribution in [2.75, 3.05) is 18.5 Å². The number of carbonyl (C=O) groups excluding carboxylic acids is 4. The van der Waals surface area contributed by atoms with Crippen LogP contribution in [0.2, 0.25) is 0 Å². The van der Waals surface area contributed by atoms with Gasteiger partial charge < -0.3 is 31.1 Å². The minimum atomic E-state index is -0.944. The van der Waals surface area contributed by atoms with E-state index in [1.165, 1.54) is 57.8 Å². The van der Waals surface area contributed by atoms with Crippen molar-refractivity contribution in [3.63, 3.8) is 0 Å². The summed E-state index contributed by atoms with van der Waals surface area (Å²) < 4.78 is 6.46. The van der Waals surface area contributed by atoms with Crippen molar-refractivity contribution in [3.05, 3.63) is 77.4 Å². The Morgan fingerprint density at radius 2 is 1.53 bits per heavy atom. The number of hydrogen-bond donors (Lipinski definition) is 5. The van der Waals surface area contributed by atoms with Crippen molar-refractivity contribution in [2.45, 2.75) is 182 Å². The molecular weight excluding hydrogens is 825 g/mol. The summed E-state index contributed by atoms with van der Waals surface area (Å²) in [5, 5.41) is 20.9. The van der Waals surface area contributed by atoms with E-state index >= 15 is 0 Å². The summed E-state index contributed by atoms with van der Waals surface area (Å²) in [6, 6.07) is 14.5. The summed E-state index contributed by atoms with van der Waals surface area (Å²) >= 11 is 0. The molecule has 3 fully saturated rings. The van der Waals surface area contributed by atoms with Crippen molar-refractivity contribution in [1.29, 1.82) is 0 Å². The first-order valence-corrected chi connectivity index (χ1v) is 26.0.